The van der Waals surface area contributed by atoms with Gasteiger partial charge in [0.15, 0.2) is 5.78 Å². The largest absolute Gasteiger partial charge is 0.462 e. The summed E-state index contributed by atoms with van der Waals surface area (Å²) in [7, 11) is 0. The first-order chi connectivity index (χ1) is 17.5. The Morgan fingerprint density at radius 3 is 2.33 bits per heavy atom. The van der Waals surface area contributed by atoms with Gasteiger partial charge in [-0.15, -0.1) is 0 Å². The molecule has 0 bridgehead atoms. The Balaban J connectivity index is 1.47. The molecule has 0 aromatic heterocycles. The van der Waals surface area contributed by atoms with Crippen LogP contribution in [0, 0.1) is 0 Å². The van der Waals surface area contributed by atoms with E-state index in [1.165, 1.54) is 0 Å². The third-order valence-corrected chi connectivity index (χ3v) is 7.35. The fourth-order valence-electron chi connectivity index (χ4n) is 5.27. The van der Waals surface area contributed by atoms with E-state index in [2.05, 4.69) is 17.4 Å². The van der Waals surface area contributed by atoms with Crippen LogP contribution < -0.4 is 5.32 Å². The van der Waals surface area contributed by atoms with E-state index >= 15 is 0 Å². The number of esters is 1. The predicted molar refractivity (Wildman–Crippen MR) is 142 cm³/mol. The highest BCUT2D eigenvalue weighted by Gasteiger charge is 2.42. The maximum Gasteiger partial charge on any atom is 0.336 e. The SMILES string of the molecule is CC1=C(C(=O)OCCc2ccccc2)[C@H](c2ccccc2Cl)C2=C(C[C@@H](c3ccccc3)CC2=O)N1. The predicted octanol–water partition coefficient (Wildman–Crippen LogP) is 6.49. The number of Topliss-reactive ketones (excluding diaryl/α,β-unsaturated/α-hetero) is 1. The molecular weight excluding hydrogens is 470 g/mol. The number of ether oxygens (including phenoxy) is 1. The fraction of sp³-hybridized carbons (Fsp3) is 0.226. The molecule has 1 aliphatic heterocycles. The van der Waals surface area contributed by atoms with Crippen molar-refractivity contribution in [3.05, 3.63) is 129 Å². The summed E-state index contributed by atoms with van der Waals surface area (Å²) in [5.41, 5.74) is 5.61. The quantitative estimate of drug-likeness (QED) is 0.395. The van der Waals surface area contributed by atoms with E-state index in [4.69, 9.17) is 16.3 Å². The Labute approximate surface area is 216 Å². The number of allylic oxidation sites excluding steroid dienone is 3. The van der Waals surface area contributed by atoms with Crippen LogP contribution in [0.3, 0.4) is 0 Å². The number of hydrogen-bond acceptors (Lipinski definition) is 4. The lowest BCUT2D eigenvalue weighted by Crippen LogP contribution is -2.36. The molecule has 1 aliphatic carbocycles. The molecule has 36 heavy (non-hydrogen) atoms. The van der Waals surface area contributed by atoms with Crippen LogP contribution >= 0.6 is 11.6 Å². The zero-order valence-electron chi connectivity index (χ0n) is 20.2. The number of ketones is 1. The standard InChI is InChI=1S/C31H28ClNO3/c1-20-28(31(35)36-17-16-21-10-4-2-5-11-21)29(24-14-8-9-15-25(24)32)30-26(33-20)18-23(19-27(30)34)22-12-6-3-7-13-22/h2-15,23,29,33H,16-19H2,1H3/t23-,29+/m1/s1. The third-order valence-electron chi connectivity index (χ3n) is 7.00. The van der Waals surface area contributed by atoms with Gasteiger partial charge in [-0.2, -0.15) is 0 Å². The van der Waals surface area contributed by atoms with E-state index in [0.717, 1.165) is 22.4 Å². The molecule has 0 radical (unpaired) electrons. The first-order valence-electron chi connectivity index (χ1n) is 12.3. The van der Waals surface area contributed by atoms with Crippen LogP contribution in [0.4, 0.5) is 0 Å². The van der Waals surface area contributed by atoms with Gasteiger partial charge < -0.3 is 10.1 Å². The number of dihydropyridines is 1. The number of rotatable bonds is 6. The summed E-state index contributed by atoms with van der Waals surface area (Å²) >= 11 is 6.63. The van der Waals surface area contributed by atoms with E-state index in [-0.39, 0.29) is 18.3 Å². The summed E-state index contributed by atoms with van der Waals surface area (Å²) in [6.07, 6.45) is 1.70. The van der Waals surface area contributed by atoms with Gasteiger partial charge in [-0.3, -0.25) is 4.79 Å². The molecule has 2 atom stereocenters. The molecule has 0 spiro atoms. The van der Waals surface area contributed by atoms with Gasteiger partial charge in [0.2, 0.25) is 0 Å². The van der Waals surface area contributed by atoms with Crippen molar-refractivity contribution in [2.75, 3.05) is 6.61 Å². The lowest BCUT2D eigenvalue weighted by molar-refractivity contribution is -0.139. The lowest BCUT2D eigenvalue weighted by atomic mass is 9.71. The minimum absolute atomic E-state index is 0.0320. The van der Waals surface area contributed by atoms with Crippen LogP contribution in [0.15, 0.2) is 107 Å². The molecule has 4 nitrogen and oxygen atoms in total. The molecule has 1 N–H and O–H groups in total. The molecule has 0 saturated carbocycles. The van der Waals surface area contributed by atoms with E-state index in [1.807, 2.05) is 73.7 Å². The van der Waals surface area contributed by atoms with Crippen LogP contribution in [-0.4, -0.2) is 18.4 Å². The molecule has 5 heteroatoms. The van der Waals surface area contributed by atoms with Gasteiger partial charge >= 0.3 is 5.97 Å². The highest BCUT2D eigenvalue weighted by molar-refractivity contribution is 6.31. The normalized spacial score (nSPS) is 19.6. The van der Waals surface area contributed by atoms with Gasteiger partial charge in [0.05, 0.1) is 12.2 Å². The third kappa shape index (κ3) is 4.87. The minimum atomic E-state index is -0.566. The van der Waals surface area contributed by atoms with E-state index in [9.17, 15) is 9.59 Å². The maximum atomic E-state index is 13.7. The second-order valence-electron chi connectivity index (χ2n) is 9.32. The smallest absolute Gasteiger partial charge is 0.336 e. The Morgan fingerprint density at radius 1 is 0.944 bits per heavy atom. The van der Waals surface area contributed by atoms with Gasteiger partial charge in [0, 0.05) is 40.7 Å². The fourth-order valence-corrected chi connectivity index (χ4v) is 5.52. The number of hydrogen-bond donors (Lipinski definition) is 1. The van der Waals surface area contributed by atoms with Crippen LogP contribution in [0.25, 0.3) is 0 Å². The Kier molecular flexibility index (Phi) is 7.06. The molecule has 0 saturated heterocycles. The molecule has 5 rings (SSSR count). The van der Waals surface area contributed by atoms with E-state index in [1.54, 1.807) is 6.07 Å². The zero-order chi connectivity index (χ0) is 25.1. The molecule has 2 aliphatic rings. The summed E-state index contributed by atoms with van der Waals surface area (Å²) < 4.78 is 5.74. The topological polar surface area (TPSA) is 55.4 Å². The van der Waals surface area contributed by atoms with Crippen LogP contribution in [0.5, 0.6) is 0 Å². The van der Waals surface area contributed by atoms with Crippen molar-refractivity contribution in [2.24, 2.45) is 0 Å². The van der Waals surface area contributed by atoms with Crippen molar-refractivity contribution < 1.29 is 14.3 Å². The minimum Gasteiger partial charge on any atom is -0.462 e. The second-order valence-corrected chi connectivity index (χ2v) is 9.73. The molecular formula is C31H28ClNO3. The van der Waals surface area contributed by atoms with E-state index < -0.39 is 11.9 Å². The summed E-state index contributed by atoms with van der Waals surface area (Å²) in [5.74, 6) is -0.873. The Hall–Kier alpha value is -3.63. The monoisotopic (exact) mass is 497 g/mol. The summed E-state index contributed by atoms with van der Waals surface area (Å²) in [6.45, 7) is 2.13. The second kappa shape index (κ2) is 10.5. The van der Waals surface area contributed by atoms with Gasteiger partial charge in [-0.05, 0) is 42.0 Å². The maximum absolute atomic E-state index is 13.7. The molecule has 3 aromatic carbocycles. The van der Waals surface area contributed by atoms with Crippen molar-refractivity contribution >= 4 is 23.4 Å². The van der Waals surface area contributed by atoms with E-state index in [0.29, 0.717) is 41.1 Å². The molecule has 3 aromatic rings. The van der Waals surface area contributed by atoms with Gasteiger partial charge in [-0.25, -0.2) is 4.79 Å². The molecule has 182 valence electrons. The number of benzene rings is 3. The van der Waals surface area contributed by atoms with Crippen molar-refractivity contribution in [2.45, 2.75) is 38.0 Å². The highest BCUT2D eigenvalue weighted by atomic mass is 35.5. The highest BCUT2D eigenvalue weighted by Crippen LogP contribution is 2.47. The van der Waals surface area contributed by atoms with Crippen molar-refractivity contribution in [1.82, 2.24) is 5.32 Å². The first-order valence-corrected chi connectivity index (χ1v) is 12.6. The molecule has 1 heterocycles. The molecule has 0 fully saturated rings. The number of carbonyl (C=O) groups is 2. The van der Waals surface area contributed by atoms with Gasteiger partial charge in [0.25, 0.3) is 0 Å². The van der Waals surface area contributed by atoms with Crippen LogP contribution in [0.2, 0.25) is 5.02 Å². The molecule has 0 amide bonds. The lowest BCUT2D eigenvalue weighted by Gasteiger charge is -2.37. The average Bonchev–Trinajstić information content (AvgIpc) is 2.89. The molecule has 0 unspecified atom stereocenters. The summed E-state index contributed by atoms with van der Waals surface area (Å²) in [6, 6.07) is 27.4. The number of carbonyl (C=O) groups excluding carboxylic acids is 2. The first kappa shape index (κ1) is 24.1. The zero-order valence-corrected chi connectivity index (χ0v) is 20.9. The number of nitrogens with one attached hydrogen (secondary N) is 1. The Bertz CT molecular complexity index is 1340. The number of halogens is 1. The van der Waals surface area contributed by atoms with Gasteiger partial charge in [-0.1, -0.05) is 90.5 Å². The average molecular weight is 498 g/mol. The van der Waals surface area contributed by atoms with Crippen molar-refractivity contribution in [1.29, 1.82) is 0 Å². The van der Waals surface area contributed by atoms with Gasteiger partial charge in [0.1, 0.15) is 0 Å². The summed E-state index contributed by atoms with van der Waals surface area (Å²) in [5, 5.41) is 3.93. The van der Waals surface area contributed by atoms with Crippen LogP contribution in [0.1, 0.15) is 48.3 Å². The van der Waals surface area contributed by atoms with Crippen molar-refractivity contribution in [3.63, 3.8) is 0 Å². The van der Waals surface area contributed by atoms with Crippen LogP contribution in [-0.2, 0) is 20.7 Å². The Morgan fingerprint density at radius 2 is 1.61 bits per heavy atom. The summed E-state index contributed by atoms with van der Waals surface area (Å²) in [4.78, 5) is 27.1. The van der Waals surface area contributed by atoms with Crippen molar-refractivity contribution in [3.8, 4) is 0 Å².